The molecular weight excluding hydrogens is 200 g/mol. The molecule has 0 unspecified atom stereocenters. The summed E-state index contributed by atoms with van der Waals surface area (Å²) in [5, 5.41) is 2.83. The molecule has 1 amide bonds. The largest absolute Gasteiger partial charge is 0.348 e. The van der Waals surface area contributed by atoms with Crippen molar-refractivity contribution >= 4 is 5.91 Å². The van der Waals surface area contributed by atoms with E-state index in [2.05, 4.69) is 19.2 Å². The molecule has 0 radical (unpaired) electrons. The third kappa shape index (κ3) is 3.35. The molecule has 88 valence electrons. The van der Waals surface area contributed by atoms with Gasteiger partial charge >= 0.3 is 0 Å². The molecule has 0 heterocycles. The van der Waals surface area contributed by atoms with E-state index in [-0.39, 0.29) is 11.9 Å². The van der Waals surface area contributed by atoms with Crippen molar-refractivity contribution in [3.8, 4) is 0 Å². The van der Waals surface area contributed by atoms with Crippen molar-refractivity contribution < 1.29 is 4.79 Å². The summed E-state index contributed by atoms with van der Waals surface area (Å²) in [6.07, 6.45) is 0. The van der Waals surface area contributed by atoms with Gasteiger partial charge in [-0.3, -0.25) is 4.79 Å². The zero-order valence-corrected chi connectivity index (χ0v) is 10.2. The van der Waals surface area contributed by atoms with E-state index in [0.717, 1.165) is 0 Å². The molecule has 0 fully saturated rings. The third-order valence-corrected chi connectivity index (χ3v) is 2.57. The lowest BCUT2D eigenvalue weighted by molar-refractivity contribution is 0.0941. The maximum absolute atomic E-state index is 11.7. The van der Waals surface area contributed by atoms with Gasteiger partial charge in [0.25, 0.3) is 5.91 Å². The summed E-state index contributed by atoms with van der Waals surface area (Å²) in [4.78, 5) is 11.7. The van der Waals surface area contributed by atoms with Gasteiger partial charge in [-0.25, -0.2) is 0 Å². The van der Waals surface area contributed by atoms with Gasteiger partial charge in [-0.15, -0.1) is 0 Å². The van der Waals surface area contributed by atoms with E-state index in [0.29, 0.717) is 18.0 Å². The van der Waals surface area contributed by atoms with E-state index >= 15 is 0 Å². The van der Waals surface area contributed by atoms with Crippen molar-refractivity contribution in [3.63, 3.8) is 0 Å². The molecule has 0 aromatic heterocycles. The number of benzene rings is 1. The van der Waals surface area contributed by atoms with Crippen molar-refractivity contribution in [1.29, 1.82) is 0 Å². The summed E-state index contributed by atoms with van der Waals surface area (Å²) in [5.41, 5.74) is 7.37. The molecule has 1 atom stereocenters. The average molecular weight is 220 g/mol. The van der Waals surface area contributed by atoms with E-state index in [1.54, 1.807) is 0 Å². The molecule has 1 aromatic carbocycles. The molecule has 1 rings (SSSR count). The van der Waals surface area contributed by atoms with Crippen LogP contribution >= 0.6 is 0 Å². The molecule has 3 N–H and O–H groups in total. The van der Waals surface area contributed by atoms with Crippen LogP contribution < -0.4 is 11.1 Å². The first kappa shape index (κ1) is 12.7. The Labute approximate surface area is 97.0 Å². The molecular formula is C13H20N2O. The zero-order valence-electron chi connectivity index (χ0n) is 10.2. The van der Waals surface area contributed by atoms with Gasteiger partial charge in [0.2, 0.25) is 0 Å². The second-order valence-corrected chi connectivity index (χ2v) is 4.39. The minimum absolute atomic E-state index is 0.0114. The number of hydrogen-bond acceptors (Lipinski definition) is 2. The Morgan fingerprint density at radius 2 is 1.81 bits per heavy atom. The Bertz CT molecular complexity index is 343. The summed E-state index contributed by atoms with van der Waals surface area (Å²) in [5.74, 6) is 0.424. The highest BCUT2D eigenvalue weighted by molar-refractivity contribution is 5.94. The fourth-order valence-electron chi connectivity index (χ4n) is 1.39. The smallest absolute Gasteiger partial charge is 0.251 e. The SMILES string of the molecule is CC(C)c1ccc(C(=O)N[C@H](C)CN)cc1. The highest BCUT2D eigenvalue weighted by atomic mass is 16.1. The average Bonchev–Trinajstić information content (AvgIpc) is 2.28. The van der Waals surface area contributed by atoms with Gasteiger partial charge in [-0.05, 0) is 30.5 Å². The van der Waals surface area contributed by atoms with Crippen molar-refractivity contribution in [2.75, 3.05) is 6.54 Å². The summed E-state index contributed by atoms with van der Waals surface area (Å²) in [6.45, 7) is 6.60. The number of carbonyl (C=O) groups excluding carboxylic acids is 1. The van der Waals surface area contributed by atoms with Crippen LogP contribution in [-0.4, -0.2) is 18.5 Å². The molecule has 1 aromatic rings. The van der Waals surface area contributed by atoms with Crippen LogP contribution in [-0.2, 0) is 0 Å². The van der Waals surface area contributed by atoms with E-state index in [4.69, 9.17) is 5.73 Å². The van der Waals surface area contributed by atoms with Gasteiger partial charge < -0.3 is 11.1 Å². The number of carbonyl (C=O) groups is 1. The van der Waals surface area contributed by atoms with Crippen LogP contribution in [0, 0.1) is 0 Å². The fraction of sp³-hybridized carbons (Fsp3) is 0.462. The Morgan fingerprint density at radius 3 is 2.25 bits per heavy atom. The van der Waals surface area contributed by atoms with Gasteiger partial charge in [-0.1, -0.05) is 26.0 Å². The van der Waals surface area contributed by atoms with Gasteiger partial charge in [0.15, 0.2) is 0 Å². The van der Waals surface area contributed by atoms with Crippen molar-refractivity contribution in [1.82, 2.24) is 5.32 Å². The summed E-state index contributed by atoms with van der Waals surface area (Å²) < 4.78 is 0. The minimum Gasteiger partial charge on any atom is -0.348 e. The maximum atomic E-state index is 11.7. The van der Waals surface area contributed by atoms with Crippen LogP contribution in [0.4, 0.5) is 0 Å². The van der Waals surface area contributed by atoms with Crippen LogP contribution in [0.1, 0.15) is 42.6 Å². The van der Waals surface area contributed by atoms with Crippen LogP contribution in [0.3, 0.4) is 0 Å². The summed E-state index contributed by atoms with van der Waals surface area (Å²) in [6, 6.07) is 7.71. The number of amides is 1. The highest BCUT2D eigenvalue weighted by Crippen LogP contribution is 2.14. The van der Waals surface area contributed by atoms with Crippen LogP contribution in [0.15, 0.2) is 24.3 Å². The molecule has 0 saturated heterocycles. The van der Waals surface area contributed by atoms with E-state index in [1.165, 1.54) is 5.56 Å². The first-order valence-electron chi connectivity index (χ1n) is 5.65. The van der Waals surface area contributed by atoms with Crippen molar-refractivity contribution in [2.45, 2.75) is 32.7 Å². The Kier molecular flexibility index (Phi) is 4.50. The normalized spacial score (nSPS) is 12.6. The third-order valence-electron chi connectivity index (χ3n) is 2.57. The fourth-order valence-corrected chi connectivity index (χ4v) is 1.39. The van der Waals surface area contributed by atoms with Crippen LogP contribution in [0.2, 0.25) is 0 Å². The predicted octanol–water partition coefficient (Wildman–Crippen LogP) is 1.89. The molecule has 3 heteroatoms. The topological polar surface area (TPSA) is 55.1 Å². The Morgan fingerprint density at radius 1 is 1.25 bits per heavy atom. The maximum Gasteiger partial charge on any atom is 0.251 e. The Hall–Kier alpha value is -1.35. The van der Waals surface area contributed by atoms with Gasteiger partial charge in [0.1, 0.15) is 0 Å². The molecule has 0 aliphatic carbocycles. The second kappa shape index (κ2) is 5.66. The minimum atomic E-state index is -0.0618. The number of nitrogens with two attached hydrogens (primary N) is 1. The van der Waals surface area contributed by atoms with Crippen LogP contribution in [0.25, 0.3) is 0 Å². The number of rotatable bonds is 4. The lowest BCUT2D eigenvalue weighted by Gasteiger charge is -2.12. The molecule has 0 aliphatic heterocycles. The van der Waals surface area contributed by atoms with E-state index < -0.39 is 0 Å². The lowest BCUT2D eigenvalue weighted by Crippen LogP contribution is -2.37. The van der Waals surface area contributed by atoms with Gasteiger partial charge in [-0.2, -0.15) is 0 Å². The number of hydrogen-bond donors (Lipinski definition) is 2. The van der Waals surface area contributed by atoms with E-state index in [9.17, 15) is 4.79 Å². The molecule has 0 aliphatic rings. The molecule has 0 spiro atoms. The van der Waals surface area contributed by atoms with Crippen molar-refractivity contribution in [3.05, 3.63) is 35.4 Å². The lowest BCUT2D eigenvalue weighted by atomic mass is 10.0. The molecule has 0 saturated carbocycles. The monoisotopic (exact) mass is 220 g/mol. The van der Waals surface area contributed by atoms with E-state index in [1.807, 2.05) is 31.2 Å². The van der Waals surface area contributed by atoms with Crippen LogP contribution in [0.5, 0.6) is 0 Å². The van der Waals surface area contributed by atoms with Gasteiger partial charge in [0.05, 0.1) is 0 Å². The molecule has 16 heavy (non-hydrogen) atoms. The zero-order chi connectivity index (χ0) is 12.1. The first-order valence-corrected chi connectivity index (χ1v) is 5.65. The Balaban J connectivity index is 2.70. The first-order chi connectivity index (χ1) is 7.54. The highest BCUT2D eigenvalue weighted by Gasteiger charge is 2.08. The molecule has 3 nitrogen and oxygen atoms in total. The van der Waals surface area contributed by atoms with Gasteiger partial charge in [0, 0.05) is 18.2 Å². The summed E-state index contributed by atoms with van der Waals surface area (Å²) in [7, 11) is 0. The van der Waals surface area contributed by atoms with Crippen molar-refractivity contribution in [2.24, 2.45) is 5.73 Å². The standard InChI is InChI=1S/C13H20N2O/c1-9(2)11-4-6-12(7-5-11)13(16)15-10(3)8-14/h4-7,9-10H,8,14H2,1-3H3,(H,15,16)/t10-/m1/s1. The molecule has 0 bridgehead atoms. The predicted molar refractivity (Wildman–Crippen MR) is 66.5 cm³/mol. The quantitative estimate of drug-likeness (QED) is 0.814. The number of nitrogens with one attached hydrogen (secondary N) is 1. The summed E-state index contributed by atoms with van der Waals surface area (Å²) >= 11 is 0. The second-order valence-electron chi connectivity index (χ2n) is 4.39.